The predicted molar refractivity (Wildman–Crippen MR) is 70.1 cm³/mol. The third-order valence-corrected chi connectivity index (χ3v) is 3.07. The van der Waals surface area contributed by atoms with Crippen molar-refractivity contribution in [2.45, 2.75) is 18.9 Å². The molecule has 6 nitrogen and oxygen atoms in total. The van der Waals surface area contributed by atoms with E-state index in [1.54, 1.807) is 0 Å². The van der Waals surface area contributed by atoms with Gasteiger partial charge in [-0.2, -0.15) is 9.97 Å². The summed E-state index contributed by atoms with van der Waals surface area (Å²) in [6.07, 6.45) is 2.27. The second kappa shape index (κ2) is 5.18. The molecule has 0 aliphatic carbocycles. The van der Waals surface area contributed by atoms with E-state index in [1.807, 2.05) is 13.1 Å². The van der Waals surface area contributed by atoms with E-state index >= 15 is 0 Å². The van der Waals surface area contributed by atoms with Crippen LogP contribution in [0.5, 0.6) is 0 Å². The topological polar surface area (TPSA) is 79.1 Å². The molecule has 2 rings (SSSR count). The first-order valence-electron chi connectivity index (χ1n) is 5.95. The third kappa shape index (κ3) is 3.20. The lowest BCUT2D eigenvalue weighted by atomic mass is 10.1. The Kier molecular flexibility index (Phi) is 3.63. The monoisotopic (exact) mass is 236 g/mol. The number of nitrogen functional groups attached to an aromatic ring is 1. The molecule has 0 saturated carbocycles. The zero-order valence-electron chi connectivity index (χ0n) is 10.4. The standard InChI is InChI=1S/C11H20N6/c1-13-9-7-10(16-11(12)15-9)14-8-3-5-17(2)6-4-8/h7-8H,3-6H2,1-2H3,(H4,12,13,14,15,16). The summed E-state index contributed by atoms with van der Waals surface area (Å²) in [7, 11) is 3.97. The first kappa shape index (κ1) is 11.9. The Balaban J connectivity index is 2.00. The van der Waals surface area contributed by atoms with E-state index in [0.717, 1.165) is 37.6 Å². The Morgan fingerprint density at radius 1 is 1.29 bits per heavy atom. The van der Waals surface area contributed by atoms with Crippen molar-refractivity contribution < 1.29 is 0 Å². The molecule has 1 aromatic rings. The van der Waals surface area contributed by atoms with Crippen LogP contribution in [0.1, 0.15) is 12.8 Å². The maximum Gasteiger partial charge on any atom is 0.223 e. The van der Waals surface area contributed by atoms with E-state index in [2.05, 4.69) is 32.5 Å². The van der Waals surface area contributed by atoms with Crippen molar-refractivity contribution >= 4 is 17.6 Å². The molecule has 1 aliphatic rings. The number of anilines is 3. The lowest BCUT2D eigenvalue weighted by Gasteiger charge is -2.29. The summed E-state index contributed by atoms with van der Waals surface area (Å²) in [5.41, 5.74) is 5.65. The summed E-state index contributed by atoms with van der Waals surface area (Å²) in [4.78, 5) is 10.6. The summed E-state index contributed by atoms with van der Waals surface area (Å²) in [5.74, 6) is 1.84. The number of aromatic nitrogens is 2. The summed E-state index contributed by atoms with van der Waals surface area (Å²) in [5, 5.41) is 6.39. The van der Waals surface area contributed by atoms with Crippen LogP contribution in [-0.4, -0.2) is 48.1 Å². The van der Waals surface area contributed by atoms with Gasteiger partial charge in [0.1, 0.15) is 11.6 Å². The Labute approximate surface area is 102 Å². The lowest BCUT2D eigenvalue weighted by Crippen LogP contribution is -2.36. The van der Waals surface area contributed by atoms with Crippen LogP contribution < -0.4 is 16.4 Å². The average Bonchev–Trinajstić information content (AvgIpc) is 2.31. The van der Waals surface area contributed by atoms with Gasteiger partial charge in [0.25, 0.3) is 0 Å². The molecule has 0 radical (unpaired) electrons. The van der Waals surface area contributed by atoms with Gasteiger partial charge in [-0.15, -0.1) is 0 Å². The van der Waals surface area contributed by atoms with Gasteiger partial charge in [-0.05, 0) is 33.0 Å². The molecular weight excluding hydrogens is 216 g/mol. The molecule has 2 heterocycles. The van der Waals surface area contributed by atoms with Crippen LogP contribution in [0.25, 0.3) is 0 Å². The molecule has 1 saturated heterocycles. The molecule has 0 aromatic carbocycles. The first-order chi connectivity index (χ1) is 8.17. The highest BCUT2D eigenvalue weighted by molar-refractivity contribution is 5.51. The number of likely N-dealkylation sites (tertiary alicyclic amines) is 1. The minimum Gasteiger partial charge on any atom is -0.373 e. The fourth-order valence-corrected chi connectivity index (χ4v) is 2.03. The molecule has 17 heavy (non-hydrogen) atoms. The summed E-state index contributed by atoms with van der Waals surface area (Å²) in [6.45, 7) is 2.24. The van der Waals surface area contributed by atoms with E-state index in [0.29, 0.717) is 12.0 Å². The molecule has 1 aliphatic heterocycles. The second-order valence-electron chi connectivity index (χ2n) is 4.47. The van der Waals surface area contributed by atoms with Gasteiger partial charge in [0, 0.05) is 19.2 Å². The Morgan fingerprint density at radius 2 is 1.94 bits per heavy atom. The summed E-state index contributed by atoms with van der Waals surface area (Å²) >= 11 is 0. The number of hydrogen-bond acceptors (Lipinski definition) is 6. The van der Waals surface area contributed by atoms with Crippen molar-refractivity contribution in [2.24, 2.45) is 0 Å². The van der Waals surface area contributed by atoms with Crippen LogP contribution in [-0.2, 0) is 0 Å². The van der Waals surface area contributed by atoms with Crippen molar-refractivity contribution in [3.63, 3.8) is 0 Å². The van der Waals surface area contributed by atoms with Gasteiger partial charge in [-0.25, -0.2) is 0 Å². The zero-order valence-corrected chi connectivity index (χ0v) is 10.4. The van der Waals surface area contributed by atoms with Crippen molar-refractivity contribution in [1.82, 2.24) is 14.9 Å². The van der Waals surface area contributed by atoms with Gasteiger partial charge in [0.2, 0.25) is 5.95 Å². The number of rotatable bonds is 3. The number of nitrogens with one attached hydrogen (secondary N) is 2. The highest BCUT2D eigenvalue weighted by atomic mass is 15.2. The second-order valence-corrected chi connectivity index (χ2v) is 4.47. The molecule has 0 atom stereocenters. The van der Waals surface area contributed by atoms with Gasteiger partial charge >= 0.3 is 0 Å². The molecule has 6 heteroatoms. The van der Waals surface area contributed by atoms with Crippen molar-refractivity contribution in [3.05, 3.63) is 6.07 Å². The fraction of sp³-hybridized carbons (Fsp3) is 0.636. The van der Waals surface area contributed by atoms with E-state index < -0.39 is 0 Å². The van der Waals surface area contributed by atoms with Crippen LogP contribution in [0.2, 0.25) is 0 Å². The quantitative estimate of drug-likeness (QED) is 0.713. The molecule has 1 aromatic heterocycles. The molecule has 0 amide bonds. The molecule has 4 N–H and O–H groups in total. The van der Waals surface area contributed by atoms with Crippen molar-refractivity contribution in [2.75, 3.05) is 43.6 Å². The van der Waals surface area contributed by atoms with Crippen LogP contribution in [0.15, 0.2) is 6.07 Å². The van der Waals surface area contributed by atoms with E-state index in [4.69, 9.17) is 5.73 Å². The Morgan fingerprint density at radius 3 is 2.59 bits per heavy atom. The average molecular weight is 236 g/mol. The molecule has 0 bridgehead atoms. The fourth-order valence-electron chi connectivity index (χ4n) is 2.03. The van der Waals surface area contributed by atoms with E-state index in [-0.39, 0.29) is 0 Å². The molecule has 0 spiro atoms. The minimum absolute atomic E-state index is 0.298. The van der Waals surface area contributed by atoms with E-state index in [1.165, 1.54) is 0 Å². The molecule has 1 fully saturated rings. The highest BCUT2D eigenvalue weighted by Crippen LogP contribution is 2.17. The summed E-state index contributed by atoms with van der Waals surface area (Å²) in [6, 6.07) is 2.36. The van der Waals surface area contributed by atoms with Crippen LogP contribution in [0.3, 0.4) is 0 Å². The third-order valence-electron chi connectivity index (χ3n) is 3.07. The maximum atomic E-state index is 5.65. The van der Waals surface area contributed by atoms with Crippen LogP contribution >= 0.6 is 0 Å². The highest BCUT2D eigenvalue weighted by Gasteiger charge is 2.17. The predicted octanol–water partition coefficient (Wildman–Crippen LogP) is 0.607. The lowest BCUT2D eigenvalue weighted by molar-refractivity contribution is 0.263. The smallest absolute Gasteiger partial charge is 0.223 e. The Hall–Kier alpha value is -1.56. The number of piperidine rings is 1. The Bertz CT molecular complexity index is 372. The molecular formula is C11H20N6. The van der Waals surface area contributed by atoms with Gasteiger partial charge in [0.05, 0.1) is 0 Å². The number of hydrogen-bond donors (Lipinski definition) is 3. The molecule has 0 unspecified atom stereocenters. The number of nitrogens with zero attached hydrogens (tertiary/aromatic N) is 3. The SMILES string of the molecule is CNc1cc(NC2CCN(C)CC2)nc(N)n1. The summed E-state index contributed by atoms with van der Waals surface area (Å²) < 4.78 is 0. The van der Waals surface area contributed by atoms with Crippen LogP contribution in [0.4, 0.5) is 17.6 Å². The van der Waals surface area contributed by atoms with Crippen molar-refractivity contribution in [1.29, 1.82) is 0 Å². The zero-order chi connectivity index (χ0) is 12.3. The first-order valence-corrected chi connectivity index (χ1v) is 5.95. The van der Waals surface area contributed by atoms with Gasteiger partial charge in [0.15, 0.2) is 0 Å². The normalized spacial score (nSPS) is 18.0. The minimum atomic E-state index is 0.298. The van der Waals surface area contributed by atoms with Gasteiger partial charge in [-0.3, -0.25) is 0 Å². The van der Waals surface area contributed by atoms with Gasteiger partial charge < -0.3 is 21.3 Å². The van der Waals surface area contributed by atoms with E-state index in [9.17, 15) is 0 Å². The maximum absolute atomic E-state index is 5.65. The largest absolute Gasteiger partial charge is 0.373 e. The van der Waals surface area contributed by atoms with Crippen molar-refractivity contribution in [3.8, 4) is 0 Å². The molecule has 94 valence electrons. The van der Waals surface area contributed by atoms with Gasteiger partial charge in [-0.1, -0.05) is 0 Å². The number of nitrogens with two attached hydrogens (primary N) is 1. The van der Waals surface area contributed by atoms with Crippen LogP contribution in [0, 0.1) is 0 Å².